The number of hydrogen-bond donors (Lipinski definition) is 1. The highest BCUT2D eigenvalue weighted by Crippen LogP contribution is 2.25. The van der Waals surface area contributed by atoms with Crippen molar-refractivity contribution >= 4 is 11.4 Å². The summed E-state index contributed by atoms with van der Waals surface area (Å²) in [7, 11) is 0. The number of nitrogens with two attached hydrogens (primary N) is 1. The molecule has 2 aromatic rings. The molecule has 1 heterocycles. The second-order valence-electron chi connectivity index (χ2n) is 3.87. The third kappa shape index (κ3) is 2.59. The number of nitro benzene ring substituents is 2. The summed E-state index contributed by atoms with van der Waals surface area (Å²) in [4.78, 5) is 24.2. The average molecular weight is 278 g/mol. The molecular weight excluding hydrogens is 268 g/mol. The van der Waals surface area contributed by atoms with Crippen molar-refractivity contribution in [3.63, 3.8) is 0 Å². The summed E-state index contributed by atoms with van der Waals surface area (Å²) in [5.74, 6) is 0.470. The van der Waals surface area contributed by atoms with Gasteiger partial charge in [-0.15, -0.1) is 0 Å². The summed E-state index contributed by atoms with van der Waals surface area (Å²) in [6.07, 6.45) is 1.29. The van der Waals surface area contributed by atoms with Gasteiger partial charge in [0.15, 0.2) is 0 Å². The zero-order chi connectivity index (χ0) is 14.7. The van der Waals surface area contributed by atoms with Crippen molar-refractivity contribution in [1.29, 1.82) is 0 Å². The van der Waals surface area contributed by atoms with Gasteiger partial charge < -0.3 is 5.73 Å². The summed E-state index contributed by atoms with van der Waals surface area (Å²) in [5.41, 5.74) is 5.09. The first-order valence-electron chi connectivity index (χ1n) is 5.51. The quantitative estimate of drug-likeness (QED) is 0.622. The van der Waals surface area contributed by atoms with Crippen LogP contribution in [0.25, 0.3) is 0 Å². The average Bonchev–Trinajstić information content (AvgIpc) is 2.85. The Kier molecular flexibility index (Phi) is 3.66. The van der Waals surface area contributed by atoms with Gasteiger partial charge in [-0.2, -0.15) is 5.10 Å². The van der Waals surface area contributed by atoms with Crippen LogP contribution >= 0.6 is 0 Å². The SMILES string of the molecule is NCc1ncnn1Cc1ccc([N+](=O)[O-])cc1[N+](=O)[O-]. The van der Waals surface area contributed by atoms with Crippen molar-refractivity contribution in [2.45, 2.75) is 13.1 Å². The molecule has 10 nitrogen and oxygen atoms in total. The highest BCUT2D eigenvalue weighted by molar-refractivity contribution is 5.49. The molecule has 0 atom stereocenters. The van der Waals surface area contributed by atoms with Gasteiger partial charge in [-0.05, 0) is 6.07 Å². The molecule has 2 rings (SSSR count). The molecular formula is C10H10N6O4. The van der Waals surface area contributed by atoms with Crippen molar-refractivity contribution in [3.05, 3.63) is 56.1 Å². The van der Waals surface area contributed by atoms with Gasteiger partial charge in [0.1, 0.15) is 12.2 Å². The molecule has 0 saturated heterocycles. The first-order valence-corrected chi connectivity index (χ1v) is 5.51. The van der Waals surface area contributed by atoms with Crippen LogP contribution in [0.15, 0.2) is 24.5 Å². The van der Waals surface area contributed by atoms with Crippen LogP contribution in [0, 0.1) is 20.2 Å². The van der Waals surface area contributed by atoms with Crippen LogP contribution < -0.4 is 5.73 Å². The molecule has 0 spiro atoms. The maximum atomic E-state index is 11.0. The van der Waals surface area contributed by atoms with Crippen molar-refractivity contribution in [3.8, 4) is 0 Å². The number of nitrogens with zero attached hydrogens (tertiary/aromatic N) is 5. The lowest BCUT2D eigenvalue weighted by Crippen LogP contribution is -2.12. The molecule has 0 aliphatic heterocycles. The van der Waals surface area contributed by atoms with E-state index in [9.17, 15) is 20.2 Å². The maximum Gasteiger partial charge on any atom is 0.281 e. The normalized spacial score (nSPS) is 10.4. The molecule has 0 aliphatic carbocycles. The summed E-state index contributed by atoms with van der Waals surface area (Å²) in [5, 5.41) is 25.5. The molecule has 0 aliphatic rings. The van der Waals surface area contributed by atoms with Crippen LogP contribution in [-0.4, -0.2) is 24.6 Å². The van der Waals surface area contributed by atoms with E-state index in [2.05, 4.69) is 10.1 Å². The van der Waals surface area contributed by atoms with Crippen molar-refractivity contribution in [2.24, 2.45) is 5.73 Å². The van der Waals surface area contributed by atoms with Gasteiger partial charge in [-0.1, -0.05) is 0 Å². The third-order valence-corrected chi connectivity index (χ3v) is 2.67. The fourth-order valence-electron chi connectivity index (χ4n) is 1.71. The van der Waals surface area contributed by atoms with Crippen molar-refractivity contribution in [2.75, 3.05) is 0 Å². The molecule has 1 aromatic heterocycles. The van der Waals surface area contributed by atoms with Crippen LogP contribution in [0.4, 0.5) is 11.4 Å². The predicted molar refractivity (Wildman–Crippen MR) is 66.8 cm³/mol. The van der Waals surface area contributed by atoms with Gasteiger partial charge in [-0.25, -0.2) is 9.67 Å². The second-order valence-corrected chi connectivity index (χ2v) is 3.87. The van der Waals surface area contributed by atoms with E-state index in [1.807, 2.05) is 0 Å². The lowest BCUT2D eigenvalue weighted by molar-refractivity contribution is -0.394. The molecule has 0 unspecified atom stereocenters. The van der Waals surface area contributed by atoms with E-state index >= 15 is 0 Å². The molecule has 0 bridgehead atoms. The first-order chi connectivity index (χ1) is 9.52. The van der Waals surface area contributed by atoms with Gasteiger partial charge in [0.2, 0.25) is 0 Å². The summed E-state index contributed by atoms with van der Waals surface area (Å²) < 4.78 is 1.41. The molecule has 2 N–H and O–H groups in total. The third-order valence-electron chi connectivity index (χ3n) is 2.67. The van der Waals surface area contributed by atoms with E-state index in [1.54, 1.807) is 0 Å². The summed E-state index contributed by atoms with van der Waals surface area (Å²) in [6.45, 7) is 0.210. The summed E-state index contributed by atoms with van der Waals surface area (Å²) >= 11 is 0. The van der Waals surface area contributed by atoms with E-state index < -0.39 is 9.85 Å². The zero-order valence-corrected chi connectivity index (χ0v) is 10.2. The Morgan fingerprint density at radius 2 is 2.00 bits per heavy atom. The molecule has 0 radical (unpaired) electrons. The van der Waals surface area contributed by atoms with Crippen LogP contribution in [0.2, 0.25) is 0 Å². The smallest absolute Gasteiger partial charge is 0.281 e. The number of non-ortho nitro benzene ring substituents is 1. The molecule has 0 saturated carbocycles. The summed E-state index contributed by atoms with van der Waals surface area (Å²) in [6, 6.07) is 3.47. The highest BCUT2D eigenvalue weighted by atomic mass is 16.6. The van der Waals surface area contributed by atoms with E-state index in [4.69, 9.17) is 5.73 Å². The van der Waals surface area contributed by atoms with Crippen molar-refractivity contribution < 1.29 is 9.85 Å². The topological polar surface area (TPSA) is 143 Å². The Morgan fingerprint density at radius 3 is 2.60 bits per heavy atom. The molecule has 0 amide bonds. The Balaban J connectivity index is 2.41. The second kappa shape index (κ2) is 5.40. The number of aromatic nitrogens is 3. The van der Waals surface area contributed by atoms with E-state index in [0.29, 0.717) is 11.4 Å². The Bertz CT molecular complexity index is 668. The van der Waals surface area contributed by atoms with Gasteiger partial charge in [0.05, 0.1) is 34.6 Å². The number of nitro groups is 2. The van der Waals surface area contributed by atoms with Crippen LogP contribution in [0.5, 0.6) is 0 Å². The Hall–Kier alpha value is -2.88. The molecule has 1 aromatic carbocycles. The number of rotatable bonds is 5. The van der Waals surface area contributed by atoms with Crippen LogP contribution in [-0.2, 0) is 13.1 Å². The zero-order valence-electron chi connectivity index (χ0n) is 10.2. The Morgan fingerprint density at radius 1 is 1.25 bits per heavy atom. The van der Waals surface area contributed by atoms with Crippen LogP contribution in [0.1, 0.15) is 11.4 Å². The molecule has 0 fully saturated rings. The minimum atomic E-state index is -0.683. The van der Waals surface area contributed by atoms with Crippen molar-refractivity contribution in [1.82, 2.24) is 14.8 Å². The fourth-order valence-corrected chi connectivity index (χ4v) is 1.71. The van der Waals surface area contributed by atoms with Gasteiger partial charge in [0.25, 0.3) is 11.4 Å². The maximum absolute atomic E-state index is 11.0. The van der Waals surface area contributed by atoms with E-state index in [-0.39, 0.29) is 24.5 Å². The Labute approximate surface area is 112 Å². The van der Waals surface area contributed by atoms with Gasteiger partial charge >= 0.3 is 0 Å². The standard InChI is InChI=1S/C10H10N6O4/c11-4-10-12-6-13-14(10)5-7-1-2-8(15(17)18)3-9(7)16(19)20/h1-3,6H,4-5,11H2. The number of hydrogen-bond acceptors (Lipinski definition) is 7. The minimum absolute atomic E-state index is 0.0703. The molecule has 10 heteroatoms. The molecule has 20 heavy (non-hydrogen) atoms. The first kappa shape index (κ1) is 13.5. The predicted octanol–water partition coefficient (Wildman–Crippen LogP) is 0.601. The minimum Gasteiger partial charge on any atom is -0.324 e. The number of benzene rings is 1. The largest absolute Gasteiger partial charge is 0.324 e. The fraction of sp³-hybridized carbons (Fsp3) is 0.200. The monoisotopic (exact) mass is 278 g/mol. The molecule has 104 valence electrons. The lowest BCUT2D eigenvalue weighted by atomic mass is 10.1. The van der Waals surface area contributed by atoms with E-state index in [0.717, 1.165) is 6.07 Å². The lowest BCUT2D eigenvalue weighted by Gasteiger charge is -2.05. The van der Waals surface area contributed by atoms with Gasteiger partial charge in [-0.3, -0.25) is 20.2 Å². The highest BCUT2D eigenvalue weighted by Gasteiger charge is 2.20. The van der Waals surface area contributed by atoms with Crippen LogP contribution in [0.3, 0.4) is 0 Å². The van der Waals surface area contributed by atoms with E-state index in [1.165, 1.54) is 23.1 Å². The van der Waals surface area contributed by atoms with Gasteiger partial charge in [0, 0.05) is 6.07 Å².